The number of ether oxygens (including phenoxy) is 3. The van der Waals surface area contributed by atoms with Gasteiger partial charge in [-0.15, -0.1) is 0 Å². The number of aryl methyl sites for hydroxylation is 2. The van der Waals surface area contributed by atoms with E-state index in [2.05, 4.69) is 5.32 Å². The van der Waals surface area contributed by atoms with Gasteiger partial charge < -0.3 is 24.1 Å². The highest BCUT2D eigenvalue weighted by atomic mass is 16.5. The molecule has 1 N–H and O–H groups in total. The average Bonchev–Trinajstić information content (AvgIpc) is 3.27. The molecule has 1 amide bonds. The third kappa shape index (κ3) is 2.95. The van der Waals surface area contributed by atoms with Crippen LogP contribution in [0.15, 0.2) is 36.4 Å². The zero-order chi connectivity index (χ0) is 19.8. The molecule has 1 atom stereocenters. The van der Waals surface area contributed by atoms with Crippen LogP contribution in [0.25, 0.3) is 10.9 Å². The number of carbonyl (C=O) groups is 1. The Balaban J connectivity index is 1.62. The summed E-state index contributed by atoms with van der Waals surface area (Å²) in [5, 5.41) is 4.19. The van der Waals surface area contributed by atoms with Crippen molar-refractivity contribution in [1.29, 1.82) is 0 Å². The Bertz CT molecular complexity index is 1050. The van der Waals surface area contributed by atoms with Crippen molar-refractivity contribution in [2.24, 2.45) is 7.05 Å². The van der Waals surface area contributed by atoms with E-state index in [4.69, 9.17) is 14.2 Å². The van der Waals surface area contributed by atoms with Gasteiger partial charge in [0.05, 0.1) is 32.9 Å². The van der Waals surface area contributed by atoms with Crippen LogP contribution < -0.4 is 19.5 Å². The first-order chi connectivity index (χ1) is 13.5. The number of methoxy groups -OCH3 is 3. The number of fused-ring (bicyclic) bond motifs is 2. The molecule has 146 valence electrons. The van der Waals surface area contributed by atoms with E-state index >= 15 is 0 Å². The molecule has 0 spiro atoms. The summed E-state index contributed by atoms with van der Waals surface area (Å²) in [5.74, 6) is 2.08. The van der Waals surface area contributed by atoms with Crippen LogP contribution in [0.3, 0.4) is 0 Å². The third-order valence-corrected chi connectivity index (χ3v) is 5.51. The van der Waals surface area contributed by atoms with Gasteiger partial charge in [-0.1, -0.05) is 0 Å². The van der Waals surface area contributed by atoms with Crippen LogP contribution in [0, 0.1) is 0 Å². The molecule has 6 heteroatoms. The number of benzene rings is 2. The molecule has 0 bridgehead atoms. The van der Waals surface area contributed by atoms with Gasteiger partial charge in [0.1, 0.15) is 11.4 Å². The van der Waals surface area contributed by atoms with Gasteiger partial charge in [0.25, 0.3) is 5.91 Å². The summed E-state index contributed by atoms with van der Waals surface area (Å²) in [4.78, 5) is 13.0. The number of aromatic nitrogens is 1. The number of amides is 1. The first-order valence-corrected chi connectivity index (χ1v) is 9.24. The lowest BCUT2D eigenvalue weighted by atomic mass is 10.1. The normalized spacial score (nSPS) is 15.4. The van der Waals surface area contributed by atoms with E-state index < -0.39 is 0 Å². The van der Waals surface area contributed by atoms with Crippen molar-refractivity contribution in [3.05, 3.63) is 53.2 Å². The van der Waals surface area contributed by atoms with Crippen LogP contribution >= 0.6 is 0 Å². The first kappa shape index (κ1) is 18.2. The van der Waals surface area contributed by atoms with Crippen LogP contribution in [0.4, 0.5) is 0 Å². The fraction of sp³-hybridized carbons (Fsp3) is 0.318. The van der Waals surface area contributed by atoms with Crippen molar-refractivity contribution < 1.29 is 19.0 Å². The molecular weight excluding hydrogens is 356 g/mol. The average molecular weight is 380 g/mol. The predicted octanol–water partition coefficient (Wildman–Crippen LogP) is 3.62. The minimum absolute atomic E-state index is 0.0464. The summed E-state index contributed by atoms with van der Waals surface area (Å²) in [6.45, 7) is 0. The van der Waals surface area contributed by atoms with E-state index in [0.717, 1.165) is 40.8 Å². The Morgan fingerprint density at radius 1 is 1.04 bits per heavy atom. The summed E-state index contributed by atoms with van der Waals surface area (Å²) in [5.41, 5.74) is 3.86. The number of hydrogen-bond acceptors (Lipinski definition) is 4. The third-order valence-electron chi connectivity index (χ3n) is 5.51. The van der Waals surface area contributed by atoms with Crippen molar-refractivity contribution in [3.63, 3.8) is 0 Å². The van der Waals surface area contributed by atoms with Crippen LogP contribution in [0.2, 0.25) is 0 Å². The number of hydrogen-bond donors (Lipinski definition) is 1. The maximum atomic E-state index is 13.0. The van der Waals surface area contributed by atoms with Crippen LogP contribution in [0.5, 0.6) is 17.2 Å². The molecule has 0 saturated heterocycles. The Kier molecular flexibility index (Phi) is 4.63. The second-order valence-corrected chi connectivity index (χ2v) is 6.98. The van der Waals surface area contributed by atoms with E-state index in [1.165, 1.54) is 5.56 Å². The molecule has 1 aliphatic carbocycles. The highest BCUT2D eigenvalue weighted by Crippen LogP contribution is 2.39. The Hall–Kier alpha value is -3.15. The zero-order valence-corrected chi connectivity index (χ0v) is 16.5. The van der Waals surface area contributed by atoms with Gasteiger partial charge in [0.2, 0.25) is 0 Å². The van der Waals surface area contributed by atoms with Gasteiger partial charge in [-0.05, 0) is 54.3 Å². The van der Waals surface area contributed by atoms with E-state index in [0.29, 0.717) is 11.4 Å². The quantitative estimate of drug-likeness (QED) is 0.734. The molecule has 0 aliphatic heterocycles. The zero-order valence-electron chi connectivity index (χ0n) is 16.5. The number of carbonyl (C=O) groups excluding carboxylic acids is 1. The highest BCUT2D eigenvalue weighted by molar-refractivity contribution is 5.99. The fourth-order valence-electron chi connectivity index (χ4n) is 3.97. The lowest BCUT2D eigenvalue weighted by molar-refractivity contribution is 0.0929. The topological polar surface area (TPSA) is 61.7 Å². The smallest absolute Gasteiger partial charge is 0.268 e. The molecule has 1 aliphatic rings. The molecule has 4 rings (SSSR count). The maximum Gasteiger partial charge on any atom is 0.268 e. The van der Waals surface area contributed by atoms with Crippen molar-refractivity contribution in [2.45, 2.75) is 18.9 Å². The van der Waals surface area contributed by atoms with E-state index in [1.807, 2.05) is 48.0 Å². The van der Waals surface area contributed by atoms with Gasteiger partial charge in [-0.2, -0.15) is 0 Å². The maximum absolute atomic E-state index is 13.0. The summed E-state index contributed by atoms with van der Waals surface area (Å²) in [6, 6.07) is 11.6. The molecule has 0 unspecified atom stereocenters. The van der Waals surface area contributed by atoms with Gasteiger partial charge in [-0.25, -0.2) is 0 Å². The molecule has 1 heterocycles. The van der Waals surface area contributed by atoms with E-state index in [9.17, 15) is 4.79 Å². The first-order valence-electron chi connectivity index (χ1n) is 9.24. The Morgan fingerprint density at radius 2 is 1.79 bits per heavy atom. The second-order valence-electron chi connectivity index (χ2n) is 6.98. The number of nitrogens with zero attached hydrogens (tertiary/aromatic N) is 1. The molecule has 0 saturated carbocycles. The van der Waals surface area contributed by atoms with E-state index in [-0.39, 0.29) is 11.9 Å². The molecule has 1 aromatic heterocycles. The minimum Gasteiger partial charge on any atom is -0.497 e. The lowest BCUT2D eigenvalue weighted by Gasteiger charge is -2.16. The lowest BCUT2D eigenvalue weighted by Crippen LogP contribution is -2.28. The summed E-state index contributed by atoms with van der Waals surface area (Å²) in [7, 11) is 6.79. The molecule has 2 aromatic carbocycles. The van der Waals surface area contributed by atoms with Gasteiger partial charge in [0, 0.05) is 18.5 Å². The highest BCUT2D eigenvalue weighted by Gasteiger charge is 2.27. The second kappa shape index (κ2) is 7.11. The van der Waals surface area contributed by atoms with E-state index in [1.54, 1.807) is 21.3 Å². The van der Waals surface area contributed by atoms with Gasteiger partial charge in [-0.3, -0.25) is 4.79 Å². The van der Waals surface area contributed by atoms with Crippen molar-refractivity contribution in [3.8, 4) is 17.2 Å². The van der Waals surface area contributed by atoms with Crippen LogP contribution in [-0.2, 0) is 13.5 Å². The number of nitrogens with one attached hydrogen (secondary N) is 1. The van der Waals surface area contributed by atoms with Crippen molar-refractivity contribution >= 4 is 16.8 Å². The largest absolute Gasteiger partial charge is 0.497 e. The molecule has 6 nitrogen and oxygen atoms in total. The SMILES string of the molecule is COc1ccc2cc(C(=O)N[C@H]3CCc4cc(OC)c(OC)cc43)n(C)c2c1. The molecule has 0 fully saturated rings. The van der Waals surface area contributed by atoms with Crippen molar-refractivity contribution in [2.75, 3.05) is 21.3 Å². The Labute approximate surface area is 164 Å². The predicted molar refractivity (Wildman–Crippen MR) is 108 cm³/mol. The molecule has 0 radical (unpaired) electrons. The van der Waals surface area contributed by atoms with Crippen molar-refractivity contribution in [1.82, 2.24) is 9.88 Å². The van der Waals surface area contributed by atoms with Crippen LogP contribution in [0.1, 0.15) is 34.1 Å². The monoisotopic (exact) mass is 380 g/mol. The van der Waals surface area contributed by atoms with Gasteiger partial charge in [0.15, 0.2) is 11.5 Å². The summed E-state index contributed by atoms with van der Waals surface area (Å²) < 4.78 is 18.0. The number of rotatable bonds is 5. The summed E-state index contributed by atoms with van der Waals surface area (Å²) in [6.07, 6.45) is 1.75. The molecule has 3 aromatic rings. The fourth-order valence-corrected chi connectivity index (χ4v) is 3.97. The van der Waals surface area contributed by atoms with Gasteiger partial charge >= 0.3 is 0 Å². The van der Waals surface area contributed by atoms with Crippen LogP contribution in [-0.4, -0.2) is 31.8 Å². The molecule has 28 heavy (non-hydrogen) atoms. The summed E-state index contributed by atoms with van der Waals surface area (Å²) >= 11 is 0. The molecular formula is C22H24N2O4. The minimum atomic E-state index is -0.0923. The standard InChI is InChI=1S/C22H24N2O4/c1-24-18-11-15(26-2)7-5-14(18)9-19(24)22(25)23-17-8-6-13-10-20(27-3)21(28-4)12-16(13)17/h5,7,9-12,17H,6,8H2,1-4H3,(H,23,25)/t17-/m0/s1. The Morgan fingerprint density at radius 3 is 2.50 bits per heavy atom.